The molecule has 5 nitrogen and oxygen atoms in total. The molecular weight excluding hydrogens is 240 g/mol. The van der Waals surface area contributed by atoms with Gasteiger partial charge in [0.25, 0.3) is 5.91 Å². The maximum atomic E-state index is 11.7. The van der Waals surface area contributed by atoms with E-state index < -0.39 is 0 Å². The molecule has 1 amide bonds. The molecule has 0 bridgehead atoms. The van der Waals surface area contributed by atoms with E-state index in [0.717, 1.165) is 18.5 Å². The molecule has 0 radical (unpaired) electrons. The molecule has 0 atom stereocenters. The smallest absolute Gasteiger partial charge is 0.272 e. The number of benzene rings is 1. The van der Waals surface area contributed by atoms with Gasteiger partial charge in [-0.2, -0.15) is 0 Å². The Labute approximate surface area is 111 Å². The minimum Gasteiger partial charge on any atom is -0.348 e. The van der Waals surface area contributed by atoms with Crippen LogP contribution in [0.15, 0.2) is 42.5 Å². The van der Waals surface area contributed by atoms with Gasteiger partial charge in [-0.3, -0.25) is 4.79 Å². The first-order valence-electron chi connectivity index (χ1n) is 6.28. The Hall–Kier alpha value is -2.43. The molecule has 1 aliphatic rings. The third kappa shape index (κ3) is 3.07. The maximum Gasteiger partial charge on any atom is 0.272 e. The van der Waals surface area contributed by atoms with Gasteiger partial charge in [-0.15, -0.1) is 10.2 Å². The van der Waals surface area contributed by atoms with Crippen molar-refractivity contribution in [2.45, 2.75) is 18.9 Å². The molecule has 5 heteroatoms. The Morgan fingerprint density at radius 3 is 2.47 bits per heavy atom. The highest BCUT2D eigenvalue weighted by Gasteiger charge is 2.24. The molecule has 1 saturated carbocycles. The van der Waals surface area contributed by atoms with Crippen molar-refractivity contribution in [3.63, 3.8) is 0 Å². The van der Waals surface area contributed by atoms with Crippen LogP contribution in [0, 0.1) is 0 Å². The fourth-order valence-corrected chi connectivity index (χ4v) is 1.68. The van der Waals surface area contributed by atoms with E-state index in [9.17, 15) is 4.79 Å². The van der Waals surface area contributed by atoms with Crippen molar-refractivity contribution in [2.24, 2.45) is 0 Å². The highest BCUT2D eigenvalue weighted by atomic mass is 16.2. The van der Waals surface area contributed by atoms with Gasteiger partial charge in [0.1, 0.15) is 0 Å². The van der Waals surface area contributed by atoms with Crippen molar-refractivity contribution in [3.8, 4) is 0 Å². The van der Waals surface area contributed by atoms with Crippen molar-refractivity contribution < 1.29 is 4.79 Å². The van der Waals surface area contributed by atoms with Crippen molar-refractivity contribution in [2.75, 3.05) is 5.32 Å². The molecule has 0 saturated heterocycles. The highest BCUT2D eigenvalue weighted by molar-refractivity contribution is 5.92. The minimum atomic E-state index is -0.152. The van der Waals surface area contributed by atoms with Crippen molar-refractivity contribution in [1.82, 2.24) is 15.5 Å². The molecule has 0 aliphatic heterocycles. The summed E-state index contributed by atoms with van der Waals surface area (Å²) in [5.41, 5.74) is 1.29. The van der Waals surface area contributed by atoms with E-state index in [2.05, 4.69) is 20.8 Å². The maximum absolute atomic E-state index is 11.7. The average Bonchev–Trinajstić information content (AvgIpc) is 3.25. The lowest BCUT2D eigenvalue weighted by atomic mass is 10.3. The van der Waals surface area contributed by atoms with Gasteiger partial charge in [-0.1, -0.05) is 18.2 Å². The molecule has 0 spiro atoms. The van der Waals surface area contributed by atoms with E-state index >= 15 is 0 Å². The standard InChI is InChI=1S/C14H14N4O/c19-14(16-11-6-7-11)12-8-9-13(18-17-12)15-10-4-2-1-3-5-10/h1-5,8-9,11H,6-7H2,(H,15,18)(H,16,19). The molecule has 1 aromatic heterocycles. The van der Waals surface area contributed by atoms with Gasteiger partial charge in [-0.05, 0) is 37.1 Å². The zero-order chi connectivity index (χ0) is 13.1. The summed E-state index contributed by atoms with van der Waals surface area (Å²) in [6, 6.07) is 13.5. The Balaban J connectivity index is 1.66. The summed E-state index contributed by atoms with van der Waals surface area (Å²) in [6.07, 6.45) is 2.12. The predicted octanol–water partition coefficient (Wildman–Crippen LogP) is 2.11. The number of amides is 1. The summed E-state index contributed by atoms with van der Waals surface area (Å²) in [7, 11) is 0. The van der Waals surface area contributed by atoms with Gasteiger partial charge in [-0.25, -0.2) is 0 Å². The number of rotatable bonds is 4. The van der Waals surface area contributed by atoms with Crippen LogP contribution >= 0.6 is 0 Å². The lowest BCUT2D eigenvalue weighted by Gasteiger charge is -2.05. The Morgan fingerprint density at radius 1 is 1.05 bits per heavy atom. The van der Waals surface area contributed by atoms with Crippen LogP contribution in [0.3, 0.4) is 0 Å². The number of nitrogens with one attached hydrogen (secondary N) is 2. The highest BCUT2D eigenvalue weighted by Crippen LogP contribution is 2.19. The van der Waals surface area contributed by atoms with Crippen molar-refractivity contribution in [3.05, 3.63) is 48.2 Å². The van der Waals surface area contributed by atoms with E-state index in [4.69, 9.17) is 0 Å². The number of nitrogens with zero attached hydrogens (tertiary/aromatic N) is 2. The topological polar surface area (TPSA) is 66.9 Å². The van der Waals surface area contributed by atoms with Crippen molar-refractivity contribution >= 4 is 17.4 Å². The number of carbonyl (C=O) groups excluding carboxylic acids is 1. The normalized spacial score (nSPS) is 13.9. The van der Waals surface area contributed by atoms with E-state index in [0.29, 0.717) is 17.6 Å². The average molecular weight is 254 g/mol. The largest absolute Gasteiger partial charge is 0.348 e. The van der Waals surface area contributed by atoms with Gasteiger partial charge in [0.2, 0.25) is 0 Å². The number of hydrogen-bond donors (Lipinski definition) is 2. The van der Waals surface area contributed by atoms with Crippen LogP contribution in [-0.2, 0) is 0 Å². The molecule has 96 valence electrons. The lowest BCUT2D eigenvalue weighted by Crippen LogP contribution is -2.26. The first-order chi connectivity index (χ1) is 9.31. The van der Waals surface area contributed by atoms with Crippen LogP contribution in [0.2, 0.25) is 0 Å². The van der Waals surface area contributed by atoms with E-state index in [1.165, 1.54) is 0 Å². The van der Waals surface area contributed by atoms with E-state index in [1.807, 2.05) is 30.3 Å². The second kappa shape index (κ2) is 5.06. The summed E-state index contributed by atoms with van der Waals surface area (Å²) < 4.78 is 0. The Morgan fingerprint density at radius 2 is 1.84 bits per heavy atom. The van der Waals surface area contributed by atoms with Crippen LogP contribution in [-0.4, -0.2) is 22.1 Å². The molecule has 1 heterocycles. The fraction of sp³-hybridized carbons (Fsp3) is 0.214. The minimum absolute atomic E-state index is 0.152. The summed E-state index contributed by atoms with van der Waals surface area (Å²) in [6.45, 7) is 0. The molecule has 1 aromatic carbocycles. The number of para-hydroxylation sites is 1. The third-order valence-corrected chi connectivity index (χ3v) is 2.86. The predicted molar refractivity (Wildman–Crippen MR) is 72.2 cm³/mol. The third-order valence-electron chi connectivity index (χ3n) is 2.86. The van der Waals surface area contributed by atoms with E-state index in [-0.39, 0.29) is 5.91 Å². The molecule has 3 rings (SSSR count). The van der Waals surface area contributed by atoms with Crippen LogP contribution in [0.4, 0.5) is 11.5 Å². The molecule has 2 aromatic rings. The Kier molecular flexibility index (Phi) is 3.10. The van der Waals surface area contributed by atoms with Crippen LogP contribution in [0.5, 0.6) is 0 Å². The molecule has 19 heavy (non-hydrogen) atoms. The first kappa shape index (κ1) is 11.6. The number of hydrogen-bond acceptors (Lipinski definition) is 4. The second-order valence-corrected chi connectivity index (χ2v) is 4.54. The van der Waals surface area contributed by atoms with E-state index in [1.54, 1.807) is 12.1 Å². The SMILES string of the molecule is O=C(NC1CC1)c1ccc(Nc2ccccc2)nn1. The summed E-state index contributed by atoms with van der Waals surface area (Å²) in [5.74, 6) is 0.468. The van der Waals surface area contributed by atoms with Gasteiger partial charge in [0.05, 0.1) is 0 Å². The van der Waals surface area contributed by atoms with Gasteiger partial charge < -0.3 is 10.6 Å². The lowest BCUT2D eigenvalue weighted by molar-refractivity contribution is 0.0945. The first-order valence-corrected chi connectivity index (χ1v) is 6.28. The number of carbonyl (C=O) groups is 1. The molecule has 0 unspecified atom stereocenters. The second-order valence-electron chi connectivity index (χ2n) is 4.54. The monoisotopic (exact) mass is 254 g/mol. The fourth-order valence-electron chi connectivity index (χ4n) is 1.68. The number of anilines is 2. The van der Waals surface area contributed by atoms with Crippen LogP contribution in [0.1, 0.15) is 23.3 Å². The Bertz CT molecular complexity index is 564. The summed E-state index contributed by atoms with van der Waals surface area (Å²) >= 11 is 0. The summed E-state index contributed by atoms with van der Waals surface area (Å²) in [5, 5.41) is 13.9. The van der Waals surface area contributed by atoms with Gasteiger partial charge in [0, 0.05) is 11.7 Å². The molecule has 2 N–H and O–H groups in total. The zero-order valence-corrected chi connectivity index (χ0v) is 10.3. The zero-order valence-electron chi connectivity index (χ0n) is 10.3. The van der Waals surface area contributed by atoms with Crippen molar-refractivity contribution in [1.29, 1.82) is 0 Å². The van der Waals surface area contributed by atoms with Gasteiger partial charge in [0.15, 0.2) is 11.5 Å². The quantitative estimate of drug-likeness (QED) is 0.877. The molecular formula is C14H14N4O. The number of aromatic nitrogens is 2. The molecule has 1 aliphatic carbocycles. The van der Waals surface area contributed by atoms with Crippen LogP contribution in [0.25, 0.3) is 0 Å². The van der Waals surface area contributed by atoms with Gasteiger partial charge >= 0.3 is 0 Å². The molecule has 1 fully saturated rings. The summed E-state index contributed by atoms with van der Waals surface area (Å²) in [4.78, 5) is 11.7. The van der Waals surface area contributed by atoms with Crippen LogP contribution < -0.4 is 10.6 Å².